The Bertz CT molecular complexity index is 768. The Hall–Kier alpha value is -0.463. The molecule has 4 aliphatic rings. The zero-order valence-corrected chi connectivity index (χ0v) is 21.7. The van der Waals surface area contributed by atoms with Crippen LogP contribution in [0.3, 0.4) is 0 Å². The predicted molar refractivity (Wildman–Crippen MR) is 127 cm³/mol. The number of hydrogen-bond donors (Lipinski definition) is 2. The number of hydrogen-bond acceptors (Lipinski definition) is 4. The average Bonchev–Trinajstić information content (AvgIpc) is 2.90. The molecule has 0 amide bonds. The molecule has 0 radical (unpaired) electrons. The van der Waals surface area contributed by atoms with E-state index in [1.165, 1.54) is 5.57 Å². The van der Waals surface area contributed by atoms with Gasteiger partial charge in [0.25, 0.3) is 0 Å². The van der Waals surface area contributed by atoms with Gasteiger partial charge in [0, 0.05) is 6.10 Å². The topological polar surface area (TPSA) is 58.9 Å². The molecule has 2 N–H and O–H groups in total. The van der Waals surface area contributed by atoms with Crippen molar-refractivity contribution in [1.29, 1.82) is 0 Å². The highest BCUT2D eigenvalue weighted by Gasteiger charge is 2.61. The molecular weight excluding hydrogens is 404 g/mol. The first-order valence-electron chi connectivity index (χ1n) is 12.3. The van der Waals surface area contributed by atoms with E-state index < -0.39 is 14.4 Å². The van der Waals surface area contributed by atoms with E-state index in [1.54, 1.807) is 0 Å². The molecule has 0 bridgehead atoms. The van der Waals surface area contributed by atoms with Crippen LogP contribution in [0.1, 0.15) is 73.1 Å². The van der Waals surface area contributed by atoms with E-state index >= 15 is 0 Å². The van der Waals surface area contributed by atoms with Gasteiger partial charge in [-0.15, -0.1) is 0 Å². The molecule has 0 aromatic carbocycles. The molecule has 4 aliphatic carbocycles. The normalized spacial score (nSPS) is 45.6. The highest BCUT2D eigenvalue weighted by atomic mass is 28.4. The molecule has 0 heterocycles. The smallest absolute Gasteiger partial charge is 0.192 e. The fraction of sp³-hybridized carbons (Fsp3) is 0.846. The third kappa shape index (κ3) is 3.54. The van der Waals surface area contributed by atoms with Crippen molar-refractivity contribution in [2.75, 3.05) is 0 Å². The minimum atomic E-state index is -1.82. The van der Waals surface area contributed by atoms with Gasteiger partial charge in [0.05, 0.1) is 6.10 Å². The van der Waals surface area contributed by atoms with E-state index in [9.17, 15) is 10.4 Å². The fourth-order valence-corrected chi connectivity index (χ4v) is 8.69. The molecule has 3 fully saturated rings. The lowest BCUT2D eigenvalue weighted by Crippen LogP contribution is -2.55. The lowest BCUT2D eigenvalue weighted by molar-refractivity contribution is -0.295. The Morgan fingerprint density at radius 2 is 1.74 bits per heavy atom. The van der Waals surface area contributed by atoms with Gasteiger partial charge in [-0.3, -0.25) is 5.26 Å². The molecule has 4 rings (SSSR count). The van der Waals surface area contributed by atoms with Crippen LogP contribution in [0.4, 0.5) is 0 Å². The van der Waals surface area contributed by atoms with Crippen LogP contribution in [0.15, 0.2) is 23.8 Å². The fourth-order valence-electron chi connectivity index (χ4n) is 7.31. The van der Waals surface area contributed by atoms with Crippen molar-refractivity contribution in [2.24, 2.45) is 28.6 Å². The number of aliphatic hydroxyl groups excluding tert-OH is 1. The van der Waals surface area contributed by atoms with Gasteiger partial charge in [-0.2, -0.15) is 0 Å². The molecule has 5 heteroatoms. The van der Waals surface area contributed by atoms with Gasteiger partial charge in [0.2, 0.25) is 0 Å². The van der Waals surface area contributed by atoms with Crippen molar-refractivity contribution in [3.8, 4) is 0 Å². The van der Waals surface area contributed by atoms with Crippen molar-refractivity contribution in [1.82, 2.24) is 0 Å². The summed E-state index contributed by atoms with van der Waals surface area (Å²) in [5.74, 6) is 1.00. The van der Waals surface area contributed by atoms with Crippen molar-refractivity contribution in [2.45, 2.75) is 110 Å². The molecular formula is C26H44O4Si. The van der Waals surface area contributed by atoms with Gasteiger partial charge < -0.3 is 9.53 Å². The third-order valence-electron chi connectivity index (χ3n) is 10.5. The Balaban J connectivity index is 1.63. The summed E-state index contributed by atoms with van der Waals surface area (Å²) in [6.07, 6.45) is 7.85. The molecule has 176 valence electrons. The van der Waals surface area contributed by atoms with Crippen molar-refractivity contribution >= 4 is 8.32 Å². The number of fused-ring (bicyclic) bond motifs is 5. The summed E-state index contributed by atoms with van der Waals surface area (Å²) in [6, 6.07) is 0. The van der Waals surface area contributed by atoms with Crippen LogP contribution in [-0.4, -0.2) is 37.0 Å². The van der Waals surface area contributed by atoms with Gasteiger partial charge in [-0.1, -0.05) is 52.8 Å². The van der Waals surface area contributed by atoms with Crippen molar-refractivity contribution in [3.63, 3.8) is 0 Å². The van der Waals surface area contributed by atoms with Crippen molar-refractivity contribution in [3.05, 3.63) is 23.8 Å². The highest BCUT2D eigenvalue weighted by molar-refractivity contribution is 6.74. The minimum Gasteiger partial charge on any atom is -0.414 e. The summed E-state index contributed by atoms with van der Waals surface area (Å²) < 4.78 is 6.81. The molecule has 0 unspecified atom stereocenters. The van der Waals surface area contributed by atoms with E-state index in [0.717, 1.165) is 44.1 Å². The maximum absolute atomic E-state index is 10.6. The quantitative estimate of drug-likeness (QED) is 0.229. The summed E-state index contributed by atoms with van der Waals surface area (Å²) in [6.45, 7) is 20.6. The van der Waals surface area contributed by atoms with Gasteiger partial charge >= 0.3 is 0 Å². The summed E-state index contributed by atoms with van der Waals surface area (Å²) in [7, 11) is -1.82. The van der Waals surface area contributed by atoms with E-state index in [2.05, 4.69) is 60.4 Å². The van der Waals surface area contributed by atoms with Crippen molar-refractivity contribution < 1.29 is 19.7 Å². The monoisotopic (exact) mass is 448 g/mol. The molecule has 0 saturated heterocycles. The molecule has 4 nitrogen and oxygen atoms in total. The third-order valence-corrected chi connectivity index (χ3v) is 15.0. The minimum absolute atomic E-state index is 0.0539. The first-order chi connectivity index (χ1) is 14.2. The Morgan fingerprint density at radius 3 is 2.35 bits per heavy atom. The Kier molecular flexibility index (Phi) is 5.75. The SMILES string of the molecule is C=C1[C@H](O)C[C@H]2[C@@H]3[C@H](OO)C=C4C[C@@H](O[Si](C)(C)C(C)(C)C)CC[C@]4(C)[C@H]3CC[C@]12C. The second-order valence-corrected chi connectivity index (χ2v) is 17.7. The van der Waals surface area contributed by atoms with Gasteiger partial charge in [-0.25, -0.2) is 4.89 Å². The first-order valence-corrected chi connectivity index (χ1v) is 15.2. The summed E-state index contributed by atoms with van der Waals surface area (Å²) >= 11 is 0. The van der Waals surface area contributed by atoms with Crippen LogP contribution in [0.25, 0.3) is 0 Å². The van der Waals surface area contributed by atoms with Crippen LogP contribution in [-0.2, 0) is 9.31 Å². The summed E-state index contributed by atoms with van der Waals surface area (Å²) in [4.78, 5) is 5.15. The van der Waals surface area contributed by atoms with Crippen LogP contribution < -0.4 is 0 Å². The van der Waals surface area contributed by atoms with Gasteiger partial charge in [-0.05, 0) is 90.8 Å². The standard InChI is InChI=1S/C26H44O4Si/c1-16-21(27)15-20-23-19(10-12-25(16,20)5)26(6)11-9-18(13-17(26)14-22(23)29-28)30-31(7,8)24(2,3)4/h14,18-23,27-28H,1,9-13,15H2,2-8H3/t18-,19-,20-,21+,22+,23+,25+,26-/m0/s1. The maximum Gasteiger partial charge on any atom is 0.192 e. The second kappa shape index (κ2) is 7.53. The summed E-state index contributed by atoms with van der Waals surface area (Å²) in [5.41, 5.74) is 2.48. The average molecular weight is 449 g/mol. The van der Waals surface area contributed by atoms with E-state index in [4.69, 9.17) is 9.31 Å². The lowest BCUT2D eigenvalue weighted by Gasteiger charge is -2.59. The molecule has 0 aromatic heterocycles. The van der Waals surface area contributed by atoms with E-state index in [0.29, 0.717) is 11.8 Å². The van der Waals surface area contributed by atoms with Gasteiger partial charge in [0.1, 0.15) is 6.10 Å². The highest BCUT2D eigenvalue weighted by Crippen LogP contribution is 2.66. The molecule has 0 aromatic rings. The number of aliphatic hydroxyl groups is 1. The largest absolute Gasteiger partial charge is 0.414 e. The molecule has 0 spiro atoms. The molecule has 31 heavy (non-hydrogen) atoms. The van der Waals surface area contributed by atoms with E-state index in [-0.39, 0.29) is 34.0 Å². The predicted octanol–water partition coefficient (Wildman–Crippen LogP) is 6.33. The lowest BCUT2D eigenvalue weighted by atomic mass is 9.47. The van der Waals surface area contributed by atoms with Gasteiger partial charge in [0.15, 0.2) is 8.32 Å². The Morgan fingerprint density at radius 1 is 1.10 bits per heavy atom. The zero-order chi connectivity index (χ0) is 23.0. The first kappa shape index (κ1) is 23.7. The zero-order valence-electron chi connectivity index (χ0n) is 20.7. The molecule has 0 aliphatic heterocycles. The maximum atomic E-state index is 10.6. The van der Waals surface area contributed by atoms with E-state index in [1.807, 2.05) is 0 Å². The van der Waals surface area contributed by atoms with Crippen LogP contribution in [0.2, 0.25) is 18.1 Å². The Labute approximate surface area is 190 Å². The van der Waals surface area contributed by atoms with Crippen LogP contribution >= 0.6 is 0 Å². The molecule has 8 atom stereocenters. The summed E-state index contributed by atoms with van der Waals surface area (Å²) in [5, 5.41) is 20.8. The van der Waals surface area contributed by atoms with Crippen LogP contribution in [0, 0.1) is 28.6 Å². The second-order valence-electron chi connectivity index (χ2n) is 12.9. The van der Waals surface area contributed by atoms with Crippen LogP contribution in [0.5, 0.6) is 0 Å². The number of rotatable bonds is 3. The molecule has 3 saturated carbocycles.